The topological polar surface area (TPSA) is 79.3 Å². The van der Waals surface area contributed by atoms with Gasteiger partial charge >= 0.3 is 6.01 Å². The Morgan fingerprint density at radius 1 is 1.11 bits per heavy atom. The van der Waals surface area contributed by atoms with Crippen molar-refractivity contribution in [3.8, 4) is 29.1 Å². The molecule has 0 spiro atoms. The molecule has 4 aromatic rings. The minimum Gasteiger partial charge on any atom is -0.461 e. The Morgan fingerprint density at radius 3 is 2.77 bits per heavy atom. The minimum atomic E-state index is -0.884. The van der Waals surface area contributed by atoms with Crippen molar-refractivity contribution in [2.75, 3.05) is 37.7 Å². The molecule has 4 fully saturated rings. The summed E-state index contributed by atoms with van der Waals surface area (Å²) in [6.45, 7) is 4.67. The van der Waals surface area contributed by atoms with Gasteiger partial charge < -0.3 is 15.0 Å². The standard InChI is InChI=1S/C33H32ClF2N7O/c1-2-5-25-27-30(28(36)29(39-25)23-14-37-13-19-6-3-7-24(34)26(19)23)40-32(41-31(27)42-16-21-8-9-22(17-42)38-21)44-18-33-10-4-11-43(33)15-20(35)12-33/h3,6-7,13-14,20-22,38H,4,8-12,15-18H2,1H3/t20-,21-,22+,33+/m1/s1. The van der Waals surface area contributed by atoms with Crippen molar-refractivity contribution < 1.29 is 13.5 Å². The molecule has 1 N–H and O–H groups in total. The van der Waals surface area contributed by atoms with Crippen LogP contribution in [0.5, 0.6) is 6.01 Å². The van der Waals surface area contributed by atoms with Crippen molar-refractivity contribution in [2.24, 2.45) is 0 Å². The Labute approximate surface area is 259 Å². The van der Waals surface area contributed by atoms with Gasteiger partial charge in [-0.2, -0.15) is 9.97 Å². The SMILES string of the molecule is CC#Cc1nc(-c2cncc3cccc(Cl)c23)c(F)c2nc(OC[C@@]34CCCN3C[C@H](F)C4)nc(N3C[C@H]4CC[C@@H](C3)N4)c12. The van der Waals surface area contributed by atoms with Crippen LogP contribution in [0, 0.1) is 17.7 Å². The van der Waals surface area contributed by atoms with E-state index in [4.69, 9.17) is 26.3 Å². The average molecular weight is 616 g/mol. The number of pyridine rings is 2. The van der Waals surface area contributed by atoms with Crippen LogP contribution in [0.4, 0.5) is 14.6 Å². The third-order valence-electron chi connectivity index (χ3n) is 9.72. The van der Waals surface area contributed by atoms with E-state index in [0.29, 0.717) is 71.0 Å². The predicted molar refractivity (Wildman–Crippen MR) is 166 cm³/mol. The predicted octanol–water partition coefficient (Wildman–Crippen LogP) is 5.30. The minimum absolute atomic E-state index is 0.0639. The number of nitrogens with zero attached hydrogens (tertiary/aromatic N) is 6. The largest absolute Gasteiger partial charge is 0.461 e. The van der Waals surface area contributed by atoms with E-state index in [2.05, 4.69) is 36.9 Å². The number of rotatable bonds is 5. The zero-order chi connectivity index (χ0) is 30.0. The van der Waals surface area contributed by atoms with Crippen LogP contribution in [0.1, 0.15) is 44.7 Å². The number of anilines is 1. The van der Waals surface area contributed by atoms with Gasteiger partial charge in [0.25, 0.3) is 0 Å². The summed E-state index contributed by atoms with van der Waals surface area (Å²) in [6, 6.07) is 6.18. The molecular formula is C33H32ClF2N7O. The van der Waals surface area contributed by atoms with Crippen molar-refractivity contribution in [1.29, 1.82) is 0 Å². The number of alkyl halides is 1. The molecule has 8 nitrogen and oxygen atoms in total. The normalized spacial score (nSPS) is 26.3. The van der Waals surface area contributed by atoms with E-state index >= 15 is 4.39 Å². The summed E-state index contributed by atoms with van der Waals surface area (Å²) in [4.78, 5) is 23.1. The number of halogens is 3. The zero-order valence-electron chi connectivity index (χ0n) is 24.4. The van der Waals surface area contributed by atoms with Crippen LogP contribution < -0.4 is 15.0 Å². The molecule has 4 atom stereocenters. The van der Waals surface area contributed by atoms with E-state index in [9.17, 15) is 4.39 Å². The molecule has 0 unspecified atom stereocenters. The molecule has 1 aromatic carbocycles. The molecule has 44 heavy (non-hydrogen) atoms. The molecule has 8 rings (SSSR count). The monoisotopic (exact) mass is 615 g/mol. The second-order valence-electron chi connectivity index (χ2n) is 12.5. The van der Waals surface area contributed by atoms with E-state index in [1.165, 1.54) is 0 Å². The number of aromatic nitrogens is 4. The molecule has 2 bridgehead atoms. The zero-order valence-corrected chi connectivity index (χ0v) is 25.2. The van der Waals surface area contributed by atoms with Gasteiger partial charge in [0.15, 0.2) is 5.82 Å². The summed E-state index contributed by atoms with van der Waals surface area (Å²) in [6.07, 6.45) is 6.79. The van der Waals surface area contributed by atoms with Crippen molar-refractivity contribution in [2.45, 2.75) is 62.8 Å². The van der Waals surface area contributed by atoms with Gasteiger partial charge in [-0.05, 0) is 51.1 Å². The van der Waals surface area contributed by atoms with Crippen LogP contribution >= 0.6 is 11.6 Å². The number of fused-ring (bicyclic) bond motifs is 5. The molecular weight excluding hydrogens is 584 g/mol. The van der Waals surface area contributed by atoms with Crippen LogP contribution in [-0.4, -0.2) is 81.4 Å². The Bertz CT molecular complexity index is 1840. The first-order valence-corrected chi connectivity index (χ1v) is 15.7. The maximum absolute atomic E-state index is 16.9. The quantitative estimate of drug-likeness (QED) is 0.303. The smallest absolute Gasteiger partial charge is 0.319 e. The van der Waals surface area contributed by atoms with Gasteiger partial charge in [-0.1, -0.05) is 29.7 Å². The first-order valence-electron chi connectivity index (χ1n) is 15.3. The summed E-state index contributed by atoms with van der Waals surface area (Å²) in [7, 11) is 0. The second-order valence-corrected chi connectivity index (χ2v) is 12.9. The van der Waals surface area contributed by atoms with Crippen molar-refractivity contribution >= 4 is 39.1 Å². The first-order chi connectivity index (χ1) is 21.4. The third kappa shape index (κ3) is 4.56. The van der Waals surface area contributed by atoms with E-state index in [0.717, 1.165) is 37.6 Å². The molecule has 4 saturated heterocycles. The van der Waals surface area contributed by atoms with Gasteiger partial charge in [-0.25, -0.2) is 13.8 Å². The first kappa shape index (κ1) is 27.9. The molecule has 226 valence electrons. The lowest BCUT2D eigenvalue weighted by molar-refractivity contribution is 0.107. The van der Waals surface area contributed by atoms with Gasteiger partial charge in [-0.15, -0.1) is 0 Å². The van der Waals surface area contributed by atoms with Gasteiger partial charge in [0.05, 0.1) is 10.9 Å². The molecule has 11 heteroatoms. The van der Waals surface area contributed by atoms with Crippen molar-refractivity contribution in [3.63, 3.8) is 0 Å². The molecule has 0 saturated carbocycles. The third-order valence-corrected chi connectivity index (χ3v) is 10.0. The number of piperazine rings is 1. The molecule has 3 aromatic heterocycles. The number of ether oxygens (including phenoxy) is 1. The van der Waals surface area contributed by atoms with Crippen LogP contribution in [0.2, 0.25) is 5.02 Å². The lowest BCUT2D eigenvalue weighted by Crippen LogP contribution is -2.51. The fourth-order valence-electron chi connectivity index (χ4n) is 7.80. The summed E-state index contributed by atoms with van der Waals surface area (Å²) in [5.41, 5.74) is 0.590. The van der Waals surface area contributed by atoms with E-state index in [1.807, 2.05) is 12.1 Å². The Morgan fingerprint density at radius 2 is 1.95 bits per heavy atom. The maximum atomic E-state index is 16.9. The van der Waals surface area contributed by atoms with Crippen LogP contribution in [0.3, 0.4) is 0 Å². The van der Waals surface area contributed by atoms with Crippen LogP contribution in [-0.2, 0) is 0 Å². The summed E-state index contributed by atoms with van der Waals surface area (Å²) < 4.78 is 37.7. The second kappa shape index (κ2) is 10.8. The average Bonchev–Trinajstić information content (AvgIpc) is 3.67. The number of hydrogen-bond acceptors (Lipinski definition) is 8. The highest BCUT2D eigenvalue weighted by Gasteiger charge is 2.49. The Balaban J connectivity index is 1.31. The highest BCUT2D eigenvalue weighted by molar-refractivity contribution is 6.36. The van der Waals surface area contributed by atoms with Crippen molar-refractivity contribution in [1.82, 2.24) is 30.2 Å². The van der Waals surface area contributed by atoms with E-state index < -0.39 is 17.5 Å². The molecule has 4 aliphatic heterocycles. The fourth-order valence-corrected chi connectivity index (χ4v) is 8.09. The molecule has 7 heterocycles. The van der Waals surface area contributed by atoms with Gasteiger partial charge in [0, 0.05) is 71.9 Å². The molecule has 0 radical (unpaired) electrons. The molecule has 0 amide bonds. The maximum Gasteiger partial charge on any atom is 0.319 e. The highest BCUT2D eigenvalue weighted by Crippen LogP contribution is 2.42. The van der Waals surface area contributed by atoms with Gasteiger partial charge in [-0.3, -0.25) is 9.88 Å². The Kier molecular flexibility index (Phi) is 6.81. The van der Waals surface area contributed by atoms with Gasteiger partial charge in [0.2, 0.25) is 0 Å². The summed E-state index contributed by atoms with van der Waals surface area (Å²) in [5, 5.41) is 6.00. The molecule has 0 aliphatic carbocycles. The van der Waals surface area contributed by atoms with Crippen molar-refractivity contribution in [3.05, 3.63) is 47.1 Å². The number of nitrogens with one attached hydrogen (secondary N) is 1. The number of hydrogen-bond donors (Lipinski definition) is 1. The van der Waals surface area contributed by atoms with Crippen LogP contribution in [0.25, 0.3) is 32.9 Å². The summed E-state index contributed by atoms with van der Waals surface area (Å²) >= 11 is 6.63. The van der Waals surface area contributed by atoms with Crippen LogP contribution in [0.15, 0.2) is 30.6 Å². The Hall–Kier alpha value is -3.65. The highest BCUT2D eigenvalue weighted by atomic mass is 35.5. The lowest BCUT2D eigenvalue weighted by atomic mass is 9.95. The lowest BCUT2D eigenvalue weighted by Gasteiger charge is -2.34. The summed E-state index contributed by atoms with van der Waals surface area (Å²) in [5.74, 6) is 6.00. The van der Waals surface area contributed by atoms with E-state index in [-0.39, 0.29) is 23.8 Å². The van der Waals surface area contributed by atoms with E-state index in [1.54, 1.807) is 25.4 Å². The van der Waals surface area contributed by atoms with Gasteiger partial charge in [0.1, 0.15) is 35.5 Å². The fraction of sp³-hybridized carbons (Fsp3) is 0.455. The molecule has 4 aliphatic rings. The number of benzene rings is 1.